The van der Waals surface area contributed by atoms with Crippen molar-refractivity contribution in [3.63, 3.8) is 0 Å². The van der Waals surface area contributed by atoms with Gasteiger partial charge >= 0.3 is 0 Å². The number of phenolic OH excluding ortho intramolecular Hbond substituents is 8. The molecule has 9 nitrogen and oxygen atoms in total. The number of aromatic amines is 1. The molecule has 0 unspecified atom stereocenters. The number of fused-ring (bicyclic) bond motifs is 6. The summed E-state index contributed by atoms with van der Waals surface area (Å²) in [5.74, 6) is -7.36. The molecule has 1 aromatic heterocycles. The number of nitrogens with one attached hydrogen (secondary N) is 1. The van der Waals surface area contributed by atoms with Gasteiger partial charge in [-0.25, -0.2) is 0 Å². The molecule has 9 aromatic rings. The van der Waals surface area contributed by atoms with Crippen molar-refractivity contribution in [2.75, 3.05) is 0 Å². The van der Waals surface area contributed by atoms with Crippen LogP contribution in [0.5, 0.6) is 46.0 Å². The van der Waals surface area contributed by atoms with E-state index >= 15 is 0 Å². The molecule has 0 aliphatic heterocycles. The lowest BCUT2D eigenvalue weighted by Gasteiger charge is -2.22. The van der Waals surface area contributed by atoms with Crippen LogP contribution < -0.4 is 0 Å². The number of phenols is 8. The van der Waals surface area contributed by atoms with E-state index in [1.54, 1.807) is 42.5 Å². The fourth-order valence-corrected chi connectivity index (χ4v) is 7.40. The van der Waals surface area contributed by atoms with Crippen LogP contribution in [0, 0.1) is 0 Å². The molecule has 9 rings (SSSR count). The molecule has 9 heteroatoms. The third kappa shape index (κ3) is 4.15. The Kier molecular flexibility index (Phi) is 6.21. The Morgan fingerprint density at radius 2 is 0.725 bits per heavy atom. The molecule has 0 bridgehead atoms. The lowest BCUT2D eigenvalue weighted by Crippen LogP contribution is -1.94. The molecule has 1 heterocycles. The van der Waals surface area contributed by atoms with E-state index in [0.717, 1.165) is 43.7 Å². The van der Waals surface area contributed by atoms with Crippen molar-refractivity contribution in [2.45, 2.75) is 0 Å². The molecule has 0 aliphatic rings. The van der Waals surface area contributed by atoms with Crippen LogP contribution in [0.15, 0.2) is 109 Å². The normalized spacial score (nSPS) is 11.8. The van der Waals surface area contributed by atoms with Crippen LogP contribution in [0.3, 0.4) is 0 Å². The molecule has 0 saturated heterocycles. The van der Waals surface area contributed by atoms with Gasteiger partial charge in [0.05, 0.1) is 0 Å². The zero-order valence-corrected chi connectivity index (χ0v) is 26.5. The van der Waals surface area contributed by atoms with E-state index in [1.165, 1.54) is 0 Å². The molecular weight excluding hydrogens is 646 g/mol. The first kappa shape index (κ1) is 29.8. The predicted molar refractivity (Wildman–Crippen MR) is 198 cm³/mol. The molecule has 9 N–H and O–H groups in total. The van der Waals surface area contributed by atoms with E-state index in [0.29, 0.717) is 11.1 Å². The van der Waals surface area contributed by atoms with Crippen molar-refractivity contribution in [1.82, 2.24) is 4.98 Å². The second kappa shape index (κ2) is 10.6. The molecule has 0 aliphatic carbocycles. The molecular formula is C42H27NO8. The third-order valence-corrected chi connectivity index (χ3v) is 9.83. The number of hydrogen-bond donors (Lipinski definition) is 9. The van der Waals surface area contributed by atoms with Gasteiger partial charge in [-0.2, -0.15) is 0 Å². The van der Waals surface area contributed by atoms with Crippen LogP contribution in [-0.2, 0) is 0 Å². The summed E-state index contributed by atoms with van der Waals surface area (Å²) in [6.45, 7) is 0. The van der Waals surface area contributed by atoms with Gasteiger partial charge in [0.1, 0.15) is 0 Å². The fourth-order valence-electron chi connectivity index (χ4n) is 7.40. The van der Waals surface area contributed by atoms with Gasteiger partial charge in [-0.3, -0.25) is 0 Å². The van der Waals surface area contributed by atoms with Gasteiger partial charge in [0.15, 0.2) is 23.0 Å². The van der Waals surface area contributed by atoms with Gasteiger partial charge in [-0.15, -0.1) is 0 Å². The minimum absolute atomic E-state index is 0.00537. The number of H-pyrrole nitrogens is 1. The Balaban J connectivity index is 1.45. The zero-order chi connectivity index (χ0) is 35.3. The van der Waals surface area contributed by atoms with Gasteiger partial charge in [-0.1, -0.05) is 84.9 Å². The summed E-state index contributed by atoms with van der Waals surface area (Å²) in [6, 6.07) is 33.7. The van der Waals surface area contributed by atoms with E-state index in [-0.39, 0.29) is 32.7 Å². The van der Waals surface area contributed by atoms with Crippen LogP contribution in [0.4, 0.5) is 0 Å². The predicted octanol–water partition coefficient (Wildman–Crippen LogP) is 9.43. The van der Waals surface area contributed by atoms with Crippen molar-refractivity contribution >= 4 is 54.1 Å². The first-order chi connectivity index (χ1) is 24.6. The van der Waals surface area contributed by atoms with Gasteiger partial charge in [-0.05, 0) is 57.3 Å². The van der Waals surface area contributed by atoms with E-state index in [2.05, 4.69) is 4.98 Å². The highest BCUT2D eigenvalue weighted by Gasteiger charge is 2.32. The second-order valence-corrected chi connectivity index (χ2v) is 12.6. The van der Waals surface area contributed by atoms with Crippen LogP contribution in [0.2, 0.25) is 0 Å². The van der Waals surface area contributed by atoms with E-state index < -0.39 is 46.0 Å². The maximum atomic E-state index is 11.6. The summed E-state index contributed by atoms with van der Waals surface area (Å²) in [6.07, 6.45) is 0. The minimum atomic E-state index is -1.02. The van der Waals surface area contributed by atoms with Crippen molar-refractivity contribution in [3.8, 4) is 79.4 Å². The molecule has 0 spiro atoms. The van der Waals surface area contributed by atoms with Crippen molar-refractivity contribution < 1.29 is 40.9 Å². The maximum Gasteiger partial charge on any atom is 0.204 e. The Hall–Kier alpha value is -7.26. The summed E-state index contributed by atoms with van der Waals surface area (Å²) in [4.78, 5) is 3.42. The van der Waals surface area contributed by atoms with Crippen molar-refractivity contribution in [3.05, 3.63) is 109 Å². The summed E-state index contributed by atoms with van der Waals surface area (Å²) in [5.41, 5.74) is 4.06. The van der Waals surface area contributed by atoms with Gasteiger partial charge in [0, 0.05) is 54.5 Å². The molecule has 0 radical (unpaired) electrons. The van der Waals surface area contributed by atoms with Crippen LogP contribution in [0.25, 0.3) is 87.5 Å². The first-order valence-electron chi connectivity index (χ1n) is 16.0. The van der Waals surface area contributed by atoms with E-state index in [1.807, 2.05) is 66.7 Å². The minimum Gasteiger partial charge on any atom is -0.504 e. The smallest absolute Gasteiger partial charge is 0.204 e. The summed E-state index contributed by atoms with van der Waals surface area (Å²) < 4.78 is 0. The zero-order valence-electron chi connectivity index (χ0n) is 26.5. The lowest BCUT2D eigenvalue weighted by atomic mass is 9.83. The quantitative estimate of drug-likeness (QED) is 0.0506. The van der Waals surface area contributed by atoms with E-state index in [4.69, 9.17) is 0 Å². The van der Waals surface area contributed by atoms with Gasteiger partial charge < -0.3 is 45.8 Å². The highest BCUT2D eigenvalue weighted by molar-refractivity contribution is 6.29. The molecule has 51 heavy (non-hydrogen) atoms. The fraction of sp³-hybridized carbons (Fsp3) is 0. The van der Waals surface area contributed by atoms with Crippen molar-refractivity contribution in [1.29, 1.82) is 0 Å². The third-order valence-electron chi connectivity index (χ3n) is 9.83. The van der Waals surface area contributed by atoms with Crippen LogP contribution in [-0.4, -0.2) is 45.8 Å². The molecule has 0 saturated carbocycles. The van der Waals surface area contributed by atoms with Crippen LogP contribution >= 0.6 is 0 Å². The van der Waals surface area contributed by atoms with Gasteiger partial charge in [0.2, 0.25) is 23.0 Å². The van der Waals surface area contributed by atoms with Gasteiger partial charge in [0.25, 0.3) is 0 Å². The van der Waals surface area contributed by atoms with E-state index in [9.17, 15) is 40.9 Å². The highest BCUT2D eigenvalue weighted by atomic mass is 16.4. The summed E-state index contributed by atoms with van der Waals surface area (Å²) in [5, 5.41) is 92.7. The van der Waals surface area contributed by atoms with Crippen molar-refractivity contribution in [2.24, 2.45) is 0 Å². The largest absolute Gasteiger partial charge is 0.504 e. The number of benzene rings is 8. The second-order valence-electron chi connectivity index (χ2n) is 12.6. The summed E-state index contributed by atoms with van der Waals surface area (Å²) >= 11 is 0. The first-order valence-corrected chi connectivity index (χ1v) is 16.0. The summed E-state index contributed by atoms with van der Waals surface area (Å²) in [7, 11) is 0. The Morgan fingerprint density at radius 1 is 0.314 bits per heavy atom. The molecule has 248 valence electrons. The standard InChI is InChI=1S/C42H27NO8/c44-35-31-29(21-12-10-20(11-13-21)19-6-2-1-3-7-19)32-34(38(47)42(51)40(49)36(32)45)30(33(31)37(46)41(50)39(35)48)24-14-15-27-25(17-24)26-16-22-8-4-5-9-23(22)18-28(26)43-27/h1-18,43-51H. The molecule has 8 aromatic carbocycles. The van der Waals surface area contributed by atoms with Crippen LogP contribution in [0.1, 0.15) is 0 Å². The molecule has 0 fully saturated rings. The Labute approximate surface area is 288 Å². The average molecular weight is 674 g/mol. The molecule has 0 amide bonds. The SMILES string of the molecule is Oc1c(O)c(O)c2c(-c3ccc4[nH]c5cc6ccccc6cc5c4c3)c3c(O)c(O)c(O)c(O)c3c(-c3ccc(-c4ccccc4)cc3)c2c1O. The Bertz CT molecular complexity index is 2850. The average Bonchev–Trinajstić information content (AvgIpc) is 3.52. The number of rotatable bonds is 3. The highest BCUT2D eigenvalue weighted by Crippen LogP contribution is 2.62. The maximum absolute atomic E-state index is 11.6. The number of aromatic hydroxyl groups is 8. The number of hydrogen-bond acceptors (Lipinski definition) is 8. The lowest BCUT2D eigenvalue weighted by molar-refractivity contribution is 0.350. The molecule has 0 atom stereocenters. The number of aromatic nitrogens is 1. The monoisotopic (exact) mass is 673 g/mol. The topological polar surface area (TPSA) is 178 Å². The Morgan fingerprint density at radius 3 is 1.27 bits per heavy atom.